The monoisotopic (exact) mass is 385 g/mol. The van der Waals surface area contributed by atoms with Crippen LogP contribution in [0.5, 0.6) is 0 Å². The van der Waals surface area contributed by atoms with Crippen molar-refractivity contribution < 1.29 is 14.6 Å². The Morgan fingerprint density at radius 3 is 2.37 bits per heavy atom. The van der Waals surface area contributed by atoms with Gasteiger partial charge in [0.1, 0.15) is 26.2 Å². The number of piperazine rings is 1. The van der Waals surface area contributed by atoms with E-state index in [2.05, 4.69) is 41.7 Å². The van der Waals surface area contributed by atoms with Crippen LogP contribution in [0.1, 0.15) is 12.0 Å². The van der Waals surface area contributed by atoms with Gasteiger partial charge in [0.2, 0.25) is 5.91 Å². The number of quaternary nitrogens is 2. The number of benzene rings is 2. The summed E-state index contributed by atoms with van der Waals surface area (Å²) in [5.74, 6) is 0.0381. The molecule has 1 aliphatic heterocycles. The van der Waals surface area contributed by atoms with Crippen LogP contribution in [-0.4, -0.2) is 45.2 Å². The molecule has 1 saturated heterocycles. The Hall–Kier alpha value is -2.14. The average Bonchev–Trinajstić information content (AvgIpc) is 2.70. The molecule has 3 rings (SSSR count). The van der Waals surface area contributed by atoms with E-state index >= 15 is 0 Å². The molecule has 0 saturated carbocycles. The van der Waals surface area contributed by atoms with Crippen molar-refractivity contribution in [1.82, 2.24) is 0 Å². The Labute approximate surface area is 166 Å². The van der Waals surface area contributed by atoms with Crippen LogP contribution in [0.25, 0.3) is 6.08 Å². The van der Waals surface area contributed by atoms with Crippen molar-refractivity contribution in [2.45, 2.75) is 6.42 Å². The zero-order valence-corrected chi connectivity index (χ0v) is 16.3. The molecule has 0 atom stereocenters. The van der Waals surface area contributed by atoms with Crippen LogP contribution >= 0.6 is 11.6 Å². The van der Waals surface area contributed by atoms with Crippen LogP contribution in [-0.2, 0) is 4.79 Å². The predicted molar refractivity (Wildman–Crippen MR) is 111 cm³/mol. The highest BCUT2D eigenvalue weighted by atomic mass is 35.5. The van der Waals surface area contributed by atoms with E-state index in [1.165, 1.54) is 10.5 Å². The largest absolute Gasteiger partial charge is 0.325 e. The smallest absolute Gasteiger partial charge is 0.230 e. The molecular formula is C22H28ClN3O+2. The number of nitrogens with one attached hydrogen (secondary N) is 3. The van der Waals surface area contributed by atoms with Crippen molar-refractivity contribution in [1.29, 1.82) is 0 Å². The minimum Gasteiger partial charge on any atom is -0.325 e. The summed E-state index contributed by atoms with van der Waals surface area (Å²) in [5, 5.41) is 3.49. The Morgan fingerprint density at radius 1 is 0.963 bits per heavy atom. The maximum absolute atomic E-state index is 12.2. The molecule has 0 aromatic heterocycles. The number of halogens is 1. The topological polar surface area (TPSA) is 38.0 Å². The second kappa shape index (κ2) is 10.3. The van der Waals surface area contributed by atoms with Gasteiger partial charge in [-0.25, -0.2) is 0 Å². The highest BCUT2D eigenvalue weighted by Gasteiger charge is 2.22. The quantitative estimate of drug-likeness (QED) is 0.657. The average molecular weight is 386 g/mol. The van der Waals surface area contributed by atoms with Crippen molar-refractivity contribution in [3.8, 4) is 0 Å². The van der Waals surface area contributed by atoms with E-state index in [9.17, 15) is 4.79 Å². The molecule has 2 aromatic carbocycles. The minimum absolute atomic E-state index is 0.0381. The summed E-state index contributed by atoms with van der Waals surface area (Å²) in [6, 6.07) is 17.8. The lowest BCUT2D eigenvalue weighted by Gasteiger charge is -2.29. The molecule has 4 nitrogen and oxygen atoms in total. The molecule has 1 heterocycles. The summed E-state index contributed by atoms with van der Waals surface area (Å²) >= 11 is 6.09. The number of carbonyl (C=O) groups excluding carboxylic acids is 1. The number of hydrogen-bond acceptors (Lipinski definition) is 1. The Bertz CT molecular complexity index is 755. The van der Waals surface area contributed by atoms with Gasteiger partial charge in [0.15, 0.2) is 0 Å². The highest BCUT2D eigenvalue weighted by Crippen LogP contribution is 2.20. The predicted octanol–water partition coefficient (Wildman–Crippen LogP) is 1.17. The normalized spacial score (nSPS) is 19.9. The van der Waals surface area contributed by atoms with E-state index in [4.69, 9.17) is 11.6 Å². The van der Waals surface area contributed by atoms with Crippen LogP contribution in [0, 0.1) is 0 Å². The van der Waals surface area contributed by atoms with Crippen molar-refractivity contribution in [2.75, 3.05) is 44.6 Å². The maximum Gasteiger partial charge on any atom is 0.230 e. The van der Waals surface area contributed by atoms with Gasteiger partial charge in [0, 0.05) is 0 Å². The molecule has 5 heteroatoms. The number of rotatable bonds is 7. The van der Waals surface area contributed by atoms with Crippen molar-refractivity contribution in [3.63, 3.8) is 0 Å². The molecular weight excluding hydrogens is 358 g/mol. The lowest BCUT2D eigenvalue weighted by atomic mass is 10.2. The molecule has 1 fully saturated rings. The third kappa shape index (κ3) is 6.51. The molecule has 0 radical (unpaired) electrons. The molecule has 0 bridgehead atoms. The zero-order valence-electron chi connectivity index (χ0n) is 15.6. The van der Waals surface area contributed by atoms with E-state index in [0.717, 1.165) is 39.3 Å². The second-order valence-electron chi connectivity index (χ2n) is 7.05. The molecule has 0 unspecified atom stereocenters. The Kier molecular flexibility index (Phi) is 7.45. The van der Waals surface area contributed by atoms with E-state index in [1.54, 1.807) is 11.0 Å². The molecule has 2 aromatic rings. The van der Waals surface area contributed by atoms with Crippen LogP contribution in [0.2, 0.25) is 5.02 Å². The van der Waals surface area contributed by atoms with Gasteiger partial charge >= 0.3 is 0 Å². The SMILES string of the molecule is O=C(CC[NH+]1CC[NH+](C/C=C/c2ccccc2)CC1)Nc1ccccc1Cl. The van der Waals surface area contributed by atoms with Gasteiger partial charge in [-0.05, 0) is 23.8 Å². The Balaban J connectivity index is 1.34. The summed E-state index contributed by atoms with van der Waals surface area (Å²) in [7, 11) is 0. The fraction of sp³-hybridized carbons (Fsp3) is 0.318. The van der Waals surface area contributed by atoms with E-state index in [-0.39, 0.29) is 5.91 Å². The first-order valence-electron chi connectivity index (χ1n) is 9.64. The molecule has 0 spiro atoms. The molecule has 3 N–H and O–H groups in total. The molecule has 1 aliphatic rings. The molecule has 1 amide bonds. The van der Waals surface area contributed by atoms with E-state index in [0.29, 0.717) is 17.1 Å². The van der Waals surface area contributed by atoms with Crippen LogP contribution in [0.15, 0.2) is 60.7 Å². The maximum atomic E-state index is 12.2. The highest BCUT2D eigenvalue weighted by molar-refractivity contribution is 6.33. The first-order chi connectivity index (χ1) is 13.2. The second-order valence-corrected chi connectivity index (χ2v) is 7.45. The van der Waals surface area contributed by atoms with E-state index in [1.807, 2.05) is 24.3 Å². The zero-order chi connectivity index (χ0) is 18.9. The summed E-state index contributed by atoms with van der Waals surface area (Å²) in [6.45, 7) is 6.49. The number of hydrogen-bond donors (Lipinski definition) is 3. The van der Waals surface area contributed by atoms with Gasteiger partial charge in [0.25, 0.3) is 0 Å². The number of para-hydroxylation sites is 1. The molecule has 0 aliphatic carbocycles. The summed E-state index contributed by atoms with van der Waals surface area (Å²) in [5.41, 5.74) is 1.95. The van der Waals surface area contributed by atoms with Gasteiger partial charge in [-0.2, -0.15) is 0 Å². The van der Waals surface area contributed by atoms with Crippen LogP contribution in [0.3, 0.4) is 0 Å². The first-order valence-corrected chi connectivity index (χ1v) is 10.0. The lowest BCUT2D eigenvalue weighted by Crippen LogP contribution is -3.28. The van der Waals surface area contributed by atoms with Gasteiger partial charge in [0.05, 0.1) is 30.2 Å². The third-order valence-corrected chi connectivity index (χ3v) is 5.36. The first kappa shape index (κ1) is 19.6. The molecule has 27 heavy (non-hydrogen) atoms. The number of carbonyl (C=O) groups is 1. The molecule has 142 valence electrons. The summed E-state index contributed by atoms with van der Waals surface area (Å²) in [4.78, 5) is 15.3. The lowest BCUT2D eigenvalue weighted by molar-refractivity contribution is -1.01. The number of anilines is 1. The third-order valence-electron chi connectivity index (χ3n) is 5.03. The minimum atomic E-state index is 0.0381. The fourth-order valence-corrected chi connectivity index (χ4v) is 3.59. The number of amides is 1. The van der Waals surface area contributed by atoms with Gasteiger partial charge in [-0.3, -0.25) is 4.79 Å². The standard InChI is InChI=1S/C22H26ClN3O/c23-20-10-4-5-11-21(20)24-22(27)12-14-26-17-15-25(16-18-26)13-6-9-19-7-2-1-3-8-19/h1-11H,12-18H2,(H,24,27)/p+2/b9-6+. The Morgan fingerprint density at radius 2 is 1.63 bits per heavy atom. The fourth-order valence-electron chi connectivity index (χ4n) is 3.40. The van der Waals surface area contributed by atoms with Crippen molar-refractivity contribution >= 4 is 29.3 Å². The van der Waals surface area contributed by atoms with Crippen LogP contribution < -0.4 is 15.1 Å². The summed E-state index contributed by atoms with van der Waals surface area (Å²) in [6.07, 6.45) is 5.00. The van der Waals surface area contributed by atoms with Crippen molar-refractivity contribution in [2.24, 2.45) is 0 Å². The van der Waals surface area contributed by atoms with Gasteiger partial charge in [-0.1, -0.05) is 60.1 Å². The van der Waals surface area contributed by atoms with Crippen LogP contribution in [0.4, 0.5) is 5.69 Å². The van der Waals surface area contributed by atoms with Gasteiger partial charge < -0.3 is 15.1 Å². The van der Waals surface area contributed by atoms with Crippen molar-refractivity contribution in [3.05, 3.63) is 71.3 Å². The van der Waals surface area contributed by atoms with Gasteiger partial charge in [-0.15, -0.1) is 0 Å². The van der Waals surface area contributed by atoms with E-state index < -0.39 is 0 Å². The summed E-state index contributed by atoms with van der Waals surface area (Å²) < 4.78 is 0.